The van der Waals surface area contributed by atoms with Crippen LogP contribution in [0.5, 0.6) is 0 Å². The summed E-state index contributed by atoms with van der Waals surface area (Å²) >= 11 is 0. The van der Waals surface area contributed by atoms with Crippen molar-refractivity contribution >= 4 is 0 Å². The molecule has 1 aromatic rings. The lowest BCUT2D eigenvalue weighted by atomic mass is 10.1. The number of benzene rings is 1. The topological polar surface area (TPSA) is 21.3 Å². The predicted molar refractivity (Wildman–Crippen MR) is 68.4 cm³/mol. The van der Waals surface area contributed by atoms with Gasteiger partial charge in [-0.2, -0.15) is 0 Å². The van der Waals surface area contributed by atoms with Crippen LogP contribution < -0.4 is 5.32 Å². The van der Waals surface area contributed by atoms with Gasteiger partial charge in [0, 0.05) is 19.2 Å². The van der Waals surface area contributed by atoms with Gasteiger partial charge in [0.25, 0.3) is 0 Å². The monoisotopic (exact) mass is 257 g/mol. The van der Waals surface area contributed by atoms with Gasteiger partial charge in [-0.25, -0.2) is 8.78 Å². The first-order valence-corrected chi connectivity index (χ1v) is 6.26. The molecule has 18 heavy (non-hydrogen) atoms. The summed E-state index contributed by atoms with van der Waals surface area (Å²) in [7, 11) is 0. The SMILES string of the molecule is CC(C)COCCNC(C)c1ccc(F)c(F)c1. The standard InChI is InChI=1S/C14H21F2NO/c1-10(2)9-18-7-6-17-11(3)12-4-5-13(15)14(16)8-12/h4-5,8,10-11,17H,6-7,9H2,1-3H3. The fourth-order valence-corrected chi connectivity index (χ4v) is 1.57. The smallest absolute Gasteiger partial charge is 0.159 e. The minimum Gasteiger partial charge on any atom is -0.380 e. The van der Waals surface area contributed by atoms with Gasteiger partial charge < -0.3 is 10.1 Å². The van der Waals surface area contributed by atoms with E-state index in [-0.39, 0.29) is 6.04 Å². The first-order valence-electron chi connectivity index (χ1n) is 6.26. The van der Waals surface area contributed by atoms with Gasteiger partial charge in [0.05, 0.1) is 6.61 Å². The Kier molecular flexibility index (Phi) is 6.22. The minimum atomic E-state index is -0.814. The summed E-state index contributed by atoms with van der Waals surface area (Å²) in [5, 5.41) is 3.21. The van der Waals surface area contributed by atoms with E-state index in [0.717, 1.165) is 18.2 Å². The van der Waals surface area contributed by atoms with E-state index in [1.807, 2.05) is 6.92 Å². The fourth-order valence-electron chi connectivity index (χ4n) is 1.57. The van der Waals surface area contributed by atoms with Gasteiger partial charge in [-0.3, -0.25) is 0 Å². The molecule has 0 aliphatic heterocycles. The third-order valence-corrected chi connectivity index (χ3v) is 2.59. The summed E-state index contributed by atoms with van der Waals surface area (Å²) in [6, 6.07) is 3.94. The van der Waals surface area contributed by atoms with E-state index in [9.17, 15) is 8.78 Å². The highest BCUT2D eigenvalue weighted by atomic mass is 19.2. The summed E-state index contributed by atoms with van der Waals surface area (Å²) in [5.41, 5.74) is 0.734. The fraction of sp³-hybridized carbons (Fsp3) is 0.571. The molecule has 0 aromatic heterocycles. The van der Waals surface area contributed by atoms with Crippen LogP contribution in [-0.4, -0.2) is 19.8 Å². The molecule has 0 heterocycles. The zero-order chi connectivity index (χ0) is 13.5. The quantitative estimate of drug-likeness (QED) is 0.757. The van der Waals surface area contributed by atoms with Crippen molar-refractivity contribution in [3.8, 4) is 0 Å². The van der Waals surface area contributed by atoms with Crippen molar-refractivity contribution in [1.82, 2.24) is 5.32 Å². The van der Waals surface area contributed by atoms with E-state index in [0.29, 0.717) is 19.1 Å². The molecule has 0 amide bonds. The van der Waals surface area contributed by atoms with Gasteiger partial charge >= 0.3 is 0 Å². The molecule has 0 fully saturated rings. The molecule has 0 spiro atoms. The molecule has 2 nitrogen and oxygen atoms in total. The first kappa shape index (κ1) is 15.1. The molecular formula is C14H21F2NO. The highest BCUT2D eigenvalue weighted by Crippen LogP contribution is 2.15. The lowest BCUT2D eigenvalue weighted by Crippen LogP contribution is -2.24. The average molecular weight is 257 g/mol. The van der Waals surface area contributed by atoms with Crippen molar-refractivity contribution in [3.63, 3.8) is 0 Å². The zero-order valence-electron chi connectivity index (χ0n) is 11.2. The zero-order valence-corrected chi connectivity index (χ0v) is 11.2. The highest BCUT2D eigenvalue weighted by Gasteiger charge is 2.08. The van der Waals surface area contributed by atoms with Crippen molar-refractivity contribution in [2.24, 2.45) is 5.92 Å². The molecule has 4 heteroatoms. The van der Waals surface area contributed by atoms with Crippen LogP contribution in [0.2, 0.25) is 0 Å². The normalized spacial score (nSPS) is 13.0. The molecule has 0 saturated heterocycles. The van der Waals surface area contributed by atoms with Crippen LogP contribution >= 0.6 is 0 Å². The van der Waals surface area contributed by atoms with Gasteiger partial charge in [-0.05, 0) is 30.5 Å². The van der Waals surface area contributed by atoms with Gasteiger partial charge in [-0.15, -0.1) is 0 Å². The van der Waals surface area contributed by atoms with E-state index in [2.05, 4.69) is 19.2 Å². The van der Waals surface area contributed by atoms with Gasteiger partial charge in [0.2, 0.25) is 0 Å². The van der Waals surface area contributed by atoms with E-state index in [1.165, 1.54) is 6.07 Å². The number of rotatable bonds is 7. The number of hydrogen-bond donors (Lipinski definition) is 1. The molecule has 1 rings (SSSR count). The Hall–Kier alpha value is -1.00. The lowest BCUT2D eigenvalue weighted by molar-refractivity contribution is 0.110. The molecular weight excluding hydrogens is 236 g/mol. The number of nitrogens with one attached hydrogen (secondary N) is 1. The van der Waals surface area contributed by atoms with Crippen molar-refractivity contribution < 1.29 is 13.5 Å². The van der Waals surface area contributed by atoms with Crippen molar-refractivity contribution in [3.05, 3.63) is 35.4 Å². The maximum Gasteiger partial charge on any atom is 0.159 e. The van der Waals surface area contributed by atoms with Crippen LogP contribution in [-0.2, 0) is 4.74 Å². The highest BCUT2D eigenvalue weighted by molar-refractivity contribution is 5.20. The van der Waals surface area contributed by atoms with Crippen molar-refractivity contribution in [1.29, 1.82) is 0 Å². The summed E-state index contributed by atoms with van der Waals surface area (Å²) in [6.07, 6.45) is 0. The van der Waals surface area contributed by atoms with Crippen LogP contribution in [0.25, 0.3) is 0 Å². The molecule has 1 aromatic carbocycles. The first-order chi connectivity index (χ1) is 8.50. The van der Waals surface area contributed by atoms with Crippen LogP contribution in [0, 0.1) is 17.6 Å². The summed E-state index contributed by atoms with van der Waals surface area (Å²) in [6.45, 7) is 8.14. The summed E-state index contributed by atoms with van der Waals surface area (Å²) in [5.74, 6) is -1.10. The summed E-state index contributed by atoms with van der Waals surface area (Å²) < 4.78 is 31.2. The van der Waals surface area contributed by atoms with Crippen molar-refractivity contribution in [2.75, 3.05) is 19.8 Å². The van der Waals surface area contributed by atoms with Crippen LogP contribution in [0.4, 0.5) is 8.78 Å². The Morgan fingerprint density at radius 3 is 2.50 bits per heavy atom. The second-order valence-electron chi connectivity index (χ2n) is 4.82. The molecule has 1 unspecified atom stereocenters. The van der Waals surface area contributed by atoms with Crippen LogP contribution in [0.15, 0.2) is 18.2 Å². The predicted octanol–water partition coefficient (Wildman–Crippen LogP) is 3.29. The number of halogens is 2. The molecule has 0 aliphatic rings. The Balaban J connectivity index is 2.31. The maximum absolute atomic E-state index is 13.0. The minimum absolute atomic E-state index is 0.0252. The lowest BCUT2D eigenvalue weighted by Gasteiger charge is -2.15. The van der Waals surface area contributed by atoms with Gasteiger partial charge in [-0.1, -0.05) is 19.9 Å². The van der Waals surface area contributed by atoms with E-state index in [4.69, 9.17) is 4.74 Å². The maximum atomic E-state index is 13.0. The van der Waals surface area contributed by atoms with Crippen LogP contribution in [0.1, 0.15) is 32.4 Å². The third-order valence-electron chi connectivity index (χ3n) is 2.59. The number of ether oxygens (including phenoxy) is 1. The van der Waals surface area contributed by atoms with Crippen LogP contribution in [0.3, 0.4) is 0 Å². The number of hydrogen-bond acceptors (Lipinski definition) is 2. The molecule has 102 valence electrons. The van der Waals surface area contributed by atoms with E-state index in [1.54, 1.807) is 6.07 Å². The second-order valence-corrected chi connectivity index (χ2v) is 4.82. The molecule has 0 saturated carbocycles. The van der Waals surface area contributed by atoms with Gasteiger partial charge in [0.1, 0.15) is 0 Å². The largest absolute Gasteiger partial charge is 0.380 e. The molecule has 1 atom stereocenters. The second kappa shape index (κ2) is 7.44. The van der Waals surface area contributed by atoms with E-state index >= 15 is 0 Å². The molecule has 1 N–H and O–H groups in total. The Morgan fingerprint density at radius 1 is 1.17 bits per heavy atom. The van der Waals surface area contributed by atoms with Crippen molar-refractivity contribution in [2.45, 2.75) is 26.8 Å². The molecule has 0 aliphatic carbocycles. The summed E-state index contributed by atoms with van der Waals surface area (Å²) in [4.78, 5) is 0. The van der Waals surface area contributed by atoms with E-state index < -0.39 is 11.6 Å². The average Bonchev–Trinajstić information content (AvgIpc) is 2.31. The Bertz CT molecular complexity index is 369. The Morgan fingerprint density at radius 2 is 1.89 bits per heavy atom. The molecule has 0 bridgehead atoms. The molecule has 0 radical (unpaired) electrons. The van der Waals surface area contributed by atoms with Gasteiger partial charge in [0.15, 0.2) is 11.6 Å². The third kappa shape index (κ3) is 5.10. The Labute approximate surface area is 107 Å².